The van der Waals surface area contributed by atoms with Crippen LogP contribution in [0.4, 0.5) is 0 Å². The molecule has 3 rings (SSSR count). The fourth-order valence-corrected chi connectivity index (χ4v) is 3.25. The van der Waals surface area contributed by atoms with Gasteiger partial charge in [0.15, 0.2) is 0 Å². The summed E-state index contributed by atoms with van der Waals surface area (Å²) in [6, 6.07) is 10.1. The van der Waals surface area contributed by atoms with Gasteiger partial charge in [-0.25, -0.2) is 0 Å². The summed E-state index contributed by atoms with van der Waals surface area (Å²) >= 11 is 5.25. The highest BCUT2D eigenvalue weighted by Crippen LogP contribution is 2.34. The molecule has 3 nitrogen and oxygen atoms in total. The maximum Gasteiger partial charge on any atom is 0.148 e. The van der Waals surface area contributed by atoms with Gasteiger partial charge in [0.25, 0.3) is 0 Å². The predicted molar refractivity (Wildman–Crippen MR) is 82.6 cm³/mol. The van der Waals surface area contributed by atoms with Gasteiger partial charge in [-0.3, -0.25) is 4.98 Å². The Labute approximate surface area is 123 Å². The van der Waals surface area contributed by atoms with E-state index in [1.165, 1.54) is 0 Å². The fourth-order valence-electron chi connectivity index (χ4n) is 1.93. The molecule has 1 unspecified atom stereocenters. The van der Waals surface area contributed by atoms with E-state index in [1.807, 2.05) is 24.4 Å². The lowest BCUT2D eigenvalue weighted by atomic mass is 10.1. The van der Waals surface area contributed by atoms with Crippen LogP contribution in [0.15, 0.2) is 36.5 Å². The van der Waals surface area contributed by atoms with Crippen molar-refractivity contribution in [3.05, 3.63) is 41.5 Å². The predicted octanol–water partition coefficient (Wildman–Crippen LogP) is 4.60. The van der Waals surface area contributed by atoms with Crippen LogP contribution in [0.5, 0.6) is 0 Å². The lowest BCUT2D eigenvalue weighted by molar-refractivity contribution is 0.870. The zero-order valence-corrected chi connectivity index (χ0v) is 12.8. The number of rotatable bonds is 3. The summed E-state index contributed by atoms with van der Waals surface area (Å²) in [5, 5.41) is 11.7. The minimum absolute atomic E-state index is 0.284. The number of benzene rings is 1. The third kappa shape index (κ3) is 2.40. The molecule has 5 heteroatoms. The molecular formula is C14H12BrN3S. The highest BCUT2D eigenvalue weighted by Gasteiger charge is 2.14. The number of fused-ring (bicyclic) bond motifs is 1. The topological polar surface area (TPSA) is 38.7 Å². The maximum absolute atomic E-state index is 4.37. The molecule has 0 bridgehead atoms. The molecule has 19 heavy (non-hydrogen) atoms. The number of alkyl halides is 1. The van der Waals surface area contributed by atoms with Crippen molar-refractivity contribution >= 4 is 38.2 Å². The summed E-state index contributed by atoms with van der Waals surface area (Å²) in [7, 11) is 0. The second kappa shape index (κ2) is 5.35. The third-order valence-electron chi connectivity index (χ3n) is 2.94. The Kier molecular flexibility index (Phi) is 3.57. The maximum atomic E-state index is 4.37. The second-order valence-corrected chi connectivity index (χ2v) is 6.31. The summed E-state index contributed by atoms with van der Waals surface area (Å²) < 4.78 is 0. The van der Waals surface area contributed by atoms with E-state index in [1.54, 1.807) is 11.3 Å². The average Bonchev–Trinajstić information content (AvgIpc) is 2.95. The van der Waals surface area contributed by atoms with Crippen LogP contribution in [0.3, 0.4) is 0 Å². The van der Waals surface area contributed by atoms with E-state index >= 15 is 0 Å². The van der Waals surface area contributed by atoms with Crippen molar-refractivity contribution < 1.29 is 0 Å². The first-order chi connectivity index (χ1) is 9.29. The van der Waals surface area contributed by atoms with Gasteiger partial charge in [-0.1, -0.05) is 52.4 Å². The number of aromatic nitrogens is 3. The zero-order chi connectivity index (χ0) is 13.2. The first-order valence-electron chi connectivity index (χ1n) is 6.11. The van der Waals surface area contributed by atoms with Gasteiger partial charge in [-0.05, 0) is 18.6 Å². The number of halogens is 1. The molecule has 96 valence electrons. The van der Waals surface area contributed by atoms with Crippen LogP contribution in [0, 0.1) is 0 Å². The van der Waals surface area contributed by atoms with Crippen LogP contribution in [0.1, 0.15) is 23.2 Å². The van der Waals surface area contributed by atoms with Crippen LogP contribution < -0.4 is 0 Å². The van der Waals surface area contributed by atoms with Crippen LogP contribution in [0.25, 0.3) is 21.5 Å². The highest BCUT2D eigenvalue weighted by atomic mass is 79.9. The molecule has 0 aliphatic heterocycles. The normalized spacial score (nSPS) is 12.7. The number of hydrogen-bond donors (Lipinski definition) is 0. The van der Waals surface area contributed by atoms with Crippen LogP contribution in [-0.4, -0.2) is 15.2 Å². The van der Waals surface area contributed by atoms with Gasteiger partial charge in [0, 0.05) is 17.1 Å². The molecule has 2 aromatic heterocycles. The van der Waals surface area contributed by atoms with E-state index in [4.69, 9.17) is 0 Å². The lowest BCUT2D eigenvalue weighted by Crippen LogP contribution is -1.85. The molecule has 0 aliphatic carbocycles. The molecule has 2 heterocycles. The van der Waals surface area contributed by atoms with Crippen LogP contribution >= 0.6 is 27.3 Å². The number of pyridine rings is 1. The molecule has 0 aliphatic rings. The molecule has 0 spiro atoms. The van der Waals surface area contributed by atoms with Crippen molar-refractivity contribution in [1.29, 1.82) is 0 Å². The largest absolute Gasteiger partial charge is 0.256 e. The van der Waals surface area contributed by atoms with Crippen LogP contribution in [-0.2, 0) is 0 Å². The Morgan fingerprint density at radius 1 is 1.21 bits per heavy atom. The molecule has 1 atom stereocenters. The molecule has 0 saturated carbocycles. The molecule has 0 fully saturated rings. The second-order valence-electron chi connectivity index (χ2n) is 4.20. The Morgan fingerprint density at radius 2 is 2.11 bits per heavy atom. The van der Waals surface area contributed by atoms with Gasteiger partial charge in [-0.2, -0.15) is 0 Å². The Morgan fingerprint density at radius 3 is 2.95 bits per heavy atom. The van der Waals surface area contributed by atoms with Crippen LogP contribution in [0.2, 0.25) is 0 Å². The molecule has 0 N–H and O–H groups in total. The van der Waals surface area contributed by atoms with Crippen molar-refractivity contribution in [3.63, 3.8) is 0 Å². The van der Waals surface area contributed by atoms with E-state index in [0.29, 0.717) is 0 Å². The first kappa shape index (κ1) is 12.7. The summed E-state index contributed by atoms with van der Waals surface area (Å²) in [4.78, 5) is 4.66. The Balaban J connectivity index is 2.12. The quantitative estimate of drug-likeness (QED) is 0.657. The molecule has 0 radical (unpaired) electrons. The summed E-state index contributed by atoms with van der Waals surface area (Å²) in [6.45, 7) is 2.13. The highest BCUT2D eigenvalue weighted by molar-refractivity contribution is 9.09. The van der Waals surface area contributed by atoms with Crippen molar-refractivity contribution in [1.82, 2.24) is 15.2 Å². The van der Waals surface area contributed by atoms with E-state index in [0.717, 1.165) is 32.9 Å². The van der Waals surface area contributed by atoms with E-state index < -0.39 is 0 Å². The van der Waals surface area contributed by atoms with Gasteiger partial charge in [0.2, 0.25) is 0 Å². The standard InChI is InChI=1S/C14H12BrN3S/c1-2-11(15)14-18-17-13(19-14)10-5-3-7-12-9(10)6-4-8-16-12/h3-8,11H,2H2,1H3. The Hall–Kier alpha value is -1.33. The molecule has 0 saturated heterocycles. The number of hydrogen-bond acceptors (Lipinski definition) is 4. The first-order valence-corrected chi connectivity index (χ1v) is 7.84. The summed E-state index contributed by atoms with van der Waals surface area (Å²) in [6.07, 6.45) is 2.81. The van der Waals surface area contributed by atoms with Gasteiger partial charge < -0.3 is 0 Å². The lowest BCUT2D eigenvalue weighted by Gasteiger charge is -2.02. The summed E-state index contributed by atoms with van der Waals surface area (Å²) in [5.74, 6) is 0. The minimum atomic E-state index is 0.284. The third-order valence-corrected chi connectivity index (χ3v) is 5.40. The Bertz CT molecular complexity index is 705. The van der Waals surface area contributed by atoms with E-state index in [9.17, 15) is 0 Å². The SMILES string of the molecule is CCC(Br)c1nnc(-c2cccc3ncccc23)s1. The van der Waals surface area contributed by atoms with Gasteiger partial charge in [0.1, 0.15) is 10.0 Å². The van der Waals surface area contributed by atoms with Crippen molar-refractivity contribution in [2.24, 2.45) is 0 Å². The number of nitrogens with zero attached hydrogens (tertiary/aromatic N) is 3. The van der Waals surface area contributed by atoms with Gasteiger partial charge >= 0.3 is 0 Å². The van der Waals surface area contributed by atoms with E-state index in [-0.39, 0.29) is 4.83 Å². The molecule has 3 aromatic rings. The zero-order valence-electron chi connectivity index (χ0n) is 10.4. The minimum Gasteiger partial charge on any atom is -0.256 e. The van der Waals surface area contributed by atoms with Crippen molar-refractivity contribution in [2.45, 2.75) is 18.2 Å². The van der Waals surface area contributed by atoms with Gasteiger partial charge in [0.05, 0.1) is 10.3 Å². The summed E-state index contributed by atoms with van der Waals surface area (Å²) in [5.41, 5.74) is 2.09. The van der Waals surface area contributed by atoms with Crippen molar-refractivity contribution in [3.8, 4) is 10.6 Å². The smallest absolute Gasteiger partial charge is 0.148 e. The van der Waals surface area contributed by atoms with Crippen molar-refractivity contribution in [2.75, 3.05) is 0 Å². The molecule has 0 amide bonds. The average molecular weight is 334 g/mol. The molecular weight excluding hydrogens is 322 g/mol. The fraction of sp³-hybridized carbons (Fsp3) is 0.214. The van der Waals surface area contributed by atoms with Gasteiger partial charge in [-0.15, -0.1) is 10.2 Å². The molecule has 1 aromatic carbocycles. The van der Waals surface area contributed by atoms with E-state index in [2.05, 4.69) is 50.2 Å². The monoisotopic (exact) mass is 333 g/mol.